The summed E-state index contributed by atoms with van der Waals surface area (Å²) in [7, 11) is 0. The zero-order valence-corrected chi connectivity index (χ0v) is 8.37. The highest BCUT2D eigenvalue weighted by atomic mass is 16.4. The van der Waals surface area contributed by atoms with E-state index in [1.807, 2.05) is 0 Å². The summed E-state index contributed by atoms with van der Waals surface area (Å²) in [6.07, 6.45) is 2.05. The summed E-state index contributed by atoms with van der Waals surface area (Å²) in [5.74, 6) is -0.0246. The first-order valence-electron chi connectivity index (χ1n) is 4.52. The van der Waals surface area contributed by atoms with Crippen molar-refractivity contribution in [2.24, 2.45) is 10.9 Å². The van der Waals surface area contributed by atoms with Gasteiger partial charge in [0.1, 0.15) is 0 Å². The van der Waals surface area contributed by atoms with Gasteiger partial charge in [0.15, 0.2) is 5.84 Å². The van der Waals surface area contributed by atoms with Gasteiger partial charge in [-0.25, -0.2) is 4.79 Å². The minimum Gasteiger partial charge on any atom is -0.409 e. The topological polar surface area (TPSA) is 99.7 Å². The van der Waals surface area contributed by atoms with Gasteiger partial charge < -0.3 is 21.6 Å². The first-order valence-corrected chi connectivity index (χ1v) is 4.52. The van der Waals surface area contributed by atoms with E-state index in [9.17, 15) is 4.79 Å². The number of nitrogens with two attached hydrogens (primary N) is 1. The molecule has 0 unspecified atom stereocenters. The second-order valence-corrected chi connectivity index (χ2v) is 3.98. The number of carbonyl (C=O) groups is 1. The predicted octanol–water partition coefficient (Wildman–Crippen LogP) is -0.0270. The van der Waals surface area contributed by atoms with E-state index in [2.05, 4.69) is 15.8 Å². The third-order valence-corrected chi connectivity index (χ3v) is 2.09. The van der Waals surface area contributed by atoms with Gasteiger partial charge in [0, 0.05) is 6.04 Å². The zero-order valence-electron chi connectivity index (χ0n) is 8.37. The number of nitrogens with one attached hydrogen (secondary N) is 2. The van der Waals surface area contributed by atoms with Crippen LogP contribution >= 0.6 is 0 Å². The highest BCUT2D eigenvalue weighted by Gasteiger charge is 2.29. The van der Waals surface area contributed by atoms with E-state index in [1.165, 1.54) is 0 Å². The SMILES string of the molecule is CC(C)(NC(=O)NC1CC1)/C(N)=N/O. The third kappa shape index (κ3) is 2.79. The van der Waals surface area contributed by atoms with Gasteiger partial charge in [-0.2, -0.15) is 0 Å². The van der Waals surface area contributed by atoms with Crippen LogP contribution in [0.3, 0.4) is 0 Å². The molecule has 1 aliphatic carbocycles. The van der Waals surface area contributed by atoms with Gasteiger partial charge in [-0.1, -0.05) is 5.16 Å². The molecular formula is C8H16N4O2. The predicted molar refractivity (Wildman–Crippen MR) is 52.2 cm³/mol. The van der Waals surface area contributed by atoms with E-state index in [1.54, 1.807) is 13.8 Å². The van der Waals surface area contributed by atoms with Crippen molar-refractivity contribution in [2.75, 3.05) is 0 Å². The molecule has 0 atom stereocenters. The van der Waals surface area contributed by atoms with Crippen LogP contribution in [0.25, 0.3) is 0 Å². The third-order valence-electron chi connectivity index (χ3n) is 2.09. The van der Waals surface area contributed by atoms with Crippen molar-refractivity contribution in [3.63, 3.8) is 0 Å². The second-order valence-electron chi connectivity index (χ2n) is 3.98. The average molecular weight is 200 g/mol. The zero-order chi connectivity index (χ0) is 10.8. The maximum atomic E-state index is 11.3. The van der Waals surface area contributed by atoms with E-state index < -0.39 is 5.54 Å². The van der Waals surface area contributed by atoms with Crippen LogP contribution < -0.4 is 16.4 Å². The largest absolute Gasteiger partial charge is 0.409 e. The summed E-state index contributed by atoms with van der Waals surface area (Å²) in [6.45, 7) is 3.32. The van der Waals surface area contributed by atoms with Crippen molar-refractivity contribution in [3.05, 3.63) is 0 Å². The Morgan fingerprint density at radius 2 is 2.14 bits per heavy atom. The lowest BCUT2D eigenvalue weighted by atomic mass is 10.1. The molecule has 5 N–H and O–H groups in total. The number of urea groups is 1. The fourth-order valence-corrected chi connectivity index (χ4v) is 0.922. The number of rotatable bonds is 3. The monoisotopic (exact) mass is 200 g/mol. The van der Waals surface area contributed by atoms with Crippen molar-refractivity contribution in [1.29, 1.82) is 0 Å². The molecule has 1 rings (SSSR count). The Morgan fingerprint density at radius 3 is 2.57 bits per heavy atom. The second kappa shape index (κ2) is 3.73. The highest BCUT2D eigenvalue weighted by Crippen LogP contribution is 2.18. The van der Waals surface area contributed by atoms with Gasteiger partial charge in [-0.05, 0) is 26.7 Å². The lowest BCUT2D eigenvalue weighted by molar-refractivity contribution is 0.234. The van der Waals surface area contributed by atoms with E-state index in [-0.39, 0.29) is 17.9 Å². The van der Waals surface area contributed by atoms with E-state index in [0.717, 1.165) is 12.8 Å². The maximum absolute atomic E-state index is 11.3. The Kier molecular flexibility index (Phi) is 2.83. The van der Waals surface area contributed by atoms with E-state index in [4.69, 9.17) is 10.9 Å². The molecule has 80 valence electrons. The number of hydrogen-bond acceptors (Lipinski definition) is 3. The molecule has 0 aromatic rings. The van der Waals surface area contributed by atoms with Gasteiger partial charge in [-0.15, -0.1) is 0 Å². The van der Waals surface area contributed by atoms with Crippen molar-refractivity contribution in [2.45, 2.75) is 38.3 Å². The molecule has 1 saturated carbocycles. The van der Waals surface area contributed by atoms with Crippen molar-refractivity contribution < 1.29 is 10.0 Å². The quantitative estimate of drug-likeness (QED) is 0.223. The molecule has 0 aliphatic heterocycles. The molecule has 0 bridgehead atoms. The molecule has 0 heterocycles. The van der Waals surface area contributed by atoms with Crippen molar-refractivity contribution >= 4 is 11.9 Å². The summed E-state index contributed by atoms with van der Waals surface area (Å²) >= 11 is 0. The van der Waals surface area contributed by atoms with Crippen LogP contribution in [0.2, 0.25) is 0 Å². The number of amidine groups is 1. The minimum absolute atomic E-state index is 0.0246. The van der Waals surface area contributed by atoms with Crippen molar-refractivity contribution in [3.8, 4) is 0 Å². The van der Waals surface area contributed by atoms with Crippen LogP contribution in [0.4, 0.5) is 4.79 Å². The van der Waals surface area contributed by atoms with Crippen molar-refractivity contribution in [1.82, 2.24) is 10.6 Å². The summed E-state index contributed by atoms with van der Waals surface area (Å²) in [4.78, 5) is 11.3. The molecule has 0 aromatic carbocycles. The Balaban J connectivity index is 2.43. The number of hydrogen-bond donors (Lipinski definition) is 4. The Morgan fingerprint density at radius 1 is 1.57 bits per heavy atom. The first-order chi connectivity index (χ1) is 6.45. The van der Waals surface area contributed by atoms with Crippen LogP contribution in [0.15, 0.2) is 5.16 Å². The van der Waals surface area contributed by atoms with E-state index >= 15 is 0 Å². The van der Waals surface area contributed by atoms with Crippen LogP contribution in [0.1, 0.15) is 26.7 Å². The fraction of sp³-hybridized carbons (Fsp3) is 0.750. The molecule has 0 radical (unpaired) electrons. The smallest absolute Gasteiger partial charge is 0.315 e. The Bertz CT molecular complexity index is 258. The van der Waals surface area contributed by atoms with Gasteiger partial charge in [0.05, 0.1) is 5.54 Å². The maximum Gasteiger partial charge on any atom is 0.315 e. The van der Waals surface area contributed by atoms with E-state index in [0.29, 0.717) is 0 Å². The fourth-order valence-electron chi connectivity index (χ4n) is 0.922. The number of oxime groups is 1. The molecule has 14 heavy (non-hydrogen) atoms. The molecule has 0 aromatic heterocycles. The number of carbonyl (C=O) groups excluding carboxylic acids is 1. The summed E-state index contributed by atoms with van der Waals surface area (Å²) < 4.78 is 0. The molecule has 1 aliphatic rings. The number of nitrogens with zero attached hydrogens (tertiary/aromatic N) is 1. The lowest BCUT2D eigenvalue weighted by Crippen LogP contribution is -2.56. The van der Waals surface area contributed by atoms with Crippen LogP contribution in [-0.2, 0) is 0 Å². The summed E-state index contributed by atoms with van der Waals surface area (Å²) in [6, 6.07) is 0.00203. The highest BCUT2D eigenvalue weighted by molar-refractivity contribution is 5.92. The van der Waals surface area contributed by atoms with Gasteiger partial charge in [-0.3, -0.25) is 0 Å². The van der Waals surface area contributed by atoms with Gasteiger partial charge in [0.25, 0.3) is 0 Å². The summed E-state index contributed by atoms with van der Waals surface area (Å²) in [5, 5.41) is 16.7. The molecule has 2 amide bonds. The van der Waals surface area contributed by atoms with Gasteiger partial charge >= 0.3 is 6.03 Å². The number of amides is 2. The molecule has 1 fully saturated rings. The van der Waals surface area contributed by atoms with Crippen LogP contribution in [0.5, 0.6) is 0 Å². The average Bonchev–Trinajstić information content (AvgIpc) is 2.85. The van der Waals surface area contributed by atoms with Gasteiger partial charge in [0.2, 0.25) is 0 Å². The first kappa shape index (κ1) is 10.6. The Labute approximate surface area is 82.5 Å². The Hall–Kier alpha value is -1.46. The molecule has 0 spiro atoms. The minimum atomic E-state index is -0.840. The summed E-state index contributed by atoms with van der Waals surface area (Å²) in [5.41, 5.74) is 4.56. The molecule has 6 heteroatoms. The normalized spacial score (nSPS) is 17.7. The van der Waals surface area contributed by atoms with Crippen LogP contribution in [-0.4, -0.2) is 28.7 Å². The molecular weight excluding hydrogens is 184 g/mol. The lowest BCUT2D eigenvalue weighted by Gasteiger charge is -2.24. The van der Waals surface area contributed by atoms with Crippen LogP contribution in [0, 0.1) is 0 Å². The standard InChI is InChI=1S/C8H16N4O2/c1-8(2,6(9)12-14)11-7(13)10-5-3-4-5/h5,14H,3-4H2,1-2H3,(H2,9,12)(H2,10,11,13). The molecule has 6 nitrogen and oxygen atoms in total. The molecule has 0 saturated heterocycles.